The Bertz CT molecular complexity index is 934. The molecule has 0 N–H and O–H groups in total. The first-order valence-electron chi connectivity index (χ1n) is 7.84. The van der Waals surface area contributed by atoms with E-state index in [4.69, 9.17) is 21.1 Å². The summed E-state index contributed by atoms with van der Waals surface area (Å²) in [7, 11) is 1.50. The van der Waals surface area contributed by atoms with Crippen LogP contribution in [0.15, 0.2) is 72.8 Å². The highest BCUT2D eigenvalue weighted by molar-refractivity contribution is 6.30. The molecule has 0 atom stereocenters. The largest absolute Gasteiger partial charge is 0.497 e. The number of carbonyl (C=O) groups excluding carboxylic acids is 2. The van der Waals surface area contributed by atoms with Crippen molar-refractivity contribution >= 4 is 23.4 Å². The molecule has 3 aromatic carbocycles. The molecule has 0 fully saturated rings. The molecule has 130 valence electrons. The maximum absolute atomic E-state index is 12.8. The van der Waals surface area contributed by atoms with Gasteiger partial charge in [-0.1, -0.05) is 41.9 Å². The molecule has 3 rings (SSSR count). The van der Waals surface area contributed by atoms with Crippen molar-refractivity contribution in [3.63, 3.8) is 0 Å². The first-order chi connectivity index (χ1) is 12.6. The van der Waals surface area contributed by atoms with Crippen LogP contribution in [0.5, 0.6) is 11.5 Å². The van der Waals surface area contributed by atoms with E-state index in [-0.39, 0.29) is 17.1 Å². The first-order valence-corrected chi connectivity index (χ1v) is 8.22. The van der Waals surface area contributed by atoms with E-state index < -0.39 is 5.97 Å². The van der Waals surface area contributed by atoms with Crippen molar-refractivity contribution < 1.29 is 19.1 Å². The summed E-state index contributed by atoms with van der Waals surface area (Å²) in [6.45, 7) is 0. The second kappa shape index (κ2) is 7.85. The van der Waals surface area contributed by atoms with Gasteiger partial charge in [-0.3, -0.25) is 4.79 Å². The van der Waals surface area contributed by atoms with Crippen molar-refractivity contribution in [2.24, 2.45) is 0 Å². The highest BCUT2D eigenvalue weighted by Gasteiger charge is 2.19. The number of benzene rings is 3. The summed E-state index contributed by atoms with van der Waals surface area (Å²) in [5, 5.41) is 0.517. The Morgan fingerprint density at radius 3 is 2.19 bits per heavy atom. The van der Waals surface area contributed by atoms with Crippen LogP contribution in [0.2, 0.25) is 5.02 Å². The molecule has 0 saturated carbocycles. The predicted molar refractivity (Wildman–Crippen MR) is 99.3 cm³/mol. The van der Waals surface area contributed by atoms with E-state index >= 15 is 0 Å². The smallest absolute Gasteiger partial charge is 0.343 e. The third-order valence-electron chi connectivity index (χ3n) is 3.75. The van der Waals surface area contributed by atoms with E-state index in [0.29, 0.717) is 21.9 Å². The Morgan fingerprint density at radius 2 is 1.54 bits per heavy atom. The van der Waals surface area contributed by atoms with Gasteiger partial charge in [0.25, 0.3) is 0 Å². The van der Waals surface area contributed by atoms with E-state index in [2.05, 4.69) is 0 Å². The SMILES string of the molecule is COc1ccc(C(=O)c2ccccc2)c(OC(=O)c2ccc(Cl)cc2)c1. The van der Waals surface area contributed by atoms with Crippen molar-refractivity contribution in [1.29, 1.82) is 0 Å². The minimum absolute atomic E-state index is 0.137. The van der Waals surface area contributed by atoms with E-state index in [9.17, 15) is 9.59 Å². The van der Waals surface area contributed by atoms with E-state index in [1.807, 2.05) is 6.07 Å². The molecule has 0 aromatic heterocycles. The van der Waals surface area contributed by atoms with Gasteiger partial charge < -0.3 is 9.47 Å². The highest BCUT2D eigenvalue weighted by Crippen LogP contribution is 2.28. The van der Waals surface area contributed by atoms with Crippen LogP contribution in [-0.2, 0) is 0 Å². The van der Waals surface area contributed by atoms with Gasteiger partial charge in [0, 0.05) is 16.7 Å². The summed E-state index contributed by atoms with van der Waals surface area (Å²) < 4.78 is 10.7. The molecule has 0 aliphatic heterocycles. The molecule has 5 heteroatoms. The third-order valence-corrected chi connectivity index (χ3v) is 4.00. The Kier molecular flexibility index (Phi) is 5.34. The topological polar surface area (TPSA) is 52.6 Å². The summed E-state index contributed by atoms with van der Waals surface area (Å²) in [6, 6.07) is 19.8. The quantitative estimate of drug-likeness (QED) is 0.370. The second-order valence-electron chi connectivity index (χ2n) is 5.45. The van der Waals surface area contributed by atoms with Crippen molar-refractivity contribution in [3.8, 4) is 11.5 Å². The zero-order chi connectivity index (χ0) is 18.5. The van der Waals surface area contributed by atoms with Crippen LogP contribution in [0.4, 0.5) is 0 Å². The minimum Gasteiger partial charge on any atom is -0.497 e. The van der Waals surface area contributed by atoms with Crippen molar-refractivity contribution in [3.05, 3.63) is 94.5 Å². The maximum atomic E-state index is 12.8. The zero-order valence-electron chi connectivity index (χ0n) is 13.9. The van der Waals surface area contributed by atoms with Crippen LogP contribution in [0.3, 0.4) is 0 Å². The van der Waals surface area contributed by atoms with Gasteiger partial charge in [0.1, 0.15) is 11.5 Å². The van der Waals surface area contributed by atoms with Gasteiger partial charge >= 0.3 is 5.97 Å². The normalized spacial score (nSPS) is 10.2. The number of methoxy groups -OCH3 is 1. The average Bonchev–Trinajstić information content (AvgIpc) is 2.68. The Labute approximate surface area is 155 Å². The average molecular weight is 367 g/mol. The Hall–Kier alpha value is -3.11. The van der Waals surface area contributed by atoms with Crippen LogP contribution in [0, 0.1) is 0 Å². The van der Waals surface area contributed by atoms with E-state index in [1.54, 1.807) is 60.7 Å². The van der Waals surface area contributed by atoms with Crippen molar-refractivity contribution in [2.75, 3.05) is 7.11 Å². The molecule has 0 aliphatic rings. The molecule has 4 nitrogen and oxygen atoms in total. The van der Waals surface area contributed by atoms with Crippen LogP contribution in [-0.4, -0.2) is 18.9 Å². The second-order valence-corrected chi connectivity index (χ2v) is 5.89. The summed E-state index contributed by atoms with van der Waals surface area (Å²) in [6.07, 6.45) is 0. The van der Waals surface area contributed by atoms with Crippen molar-refractivity contribution in [2.45, 2.75) is 0 Å². The predicted octanol–water partition coefficient (Wildman–Crippen LogP) is 4.80. The van der Waals surface area contributed by atoms with E-state index in [0.717, 1.165) is 0 Å². The van der Waals surface area contributed by atoms with Gasteiger partial charge in [0.2, 0.25) is 0 Å². The molecule has 0 heterocycles. The van der Waals surface area contributed by atoms with Gasteiger partial charge in [0.05, 0.1) is 18.2 Å². The molecule has 0 radical (unpaired) electrons. The number of ketones is 1. The highest BCUT2D eigenvalue weighted by atomic mass is 35.5. The number of rotatable bonds is 5. The molecular formula is C21H15ClO4. The Balaban J connectivity index is 1.95. The van der Waals surface area contributed by atoms with Gasteiger partial charge in [-0.25, -0.2) is 4.79 Å². The summed E-state index contributed by atoms with van der Waals surface area (Å²) in [5.74, 6) is -0.212. The van der Waals surface area contributed by atoms with Gasteiger partial charge in [-0.05, 0) is 36.4 Å². The lowest BCUT2D eigenvalue weighted by molar-refractivity contribution is 0.0732. The number of carbonyl (C=O) groups is 2. The fraction of sp³-hybridized carbons (Fsp3) is 0.0476. The number of hydrogen-bond acceptors (Lipinski definition) is 4. The van der Waals surface area contributed by atoms with E-state index in [1.165, 1.54) is 13.2 Å². The molecule has 0 unspecified atom stereocenters. The lowest BCUT2D eigenvalue weighted by Crippen LogP contribution is -2.12. The number of hydrogen-bond donors (Lipinski definition) is 0. The fourth-order valence-electron chi connectivity index (χ4n) is 2.39. The first kappa shape index (κ1) is 17.7. The summed E-state index contributed by atoms with van der Waals surface area (Å²) in [4.78, 5) is 25.2. The fourth-order valence-corrected chi connectivity index (χ4v) is 2.52. The molecular weight excluding hydrogens is 352 g/mol. The van der Waals surface area contributed by atoms with Crippen LogP contribution < -0.4 is 9.47 Å². The molecule has 3 aromatic rings. The van der Waals surface area contributed by atoms with Gasteiger partial charge in [-0.15, -0.1) is 0 Å². The number of ether oxygens (including phenoxy) is 2. The third kappa shape index (κ3) is 3.92. The maximum Gasteiger partial charge on any atom is 0.343 e. The van der Waals surface area contributed by atoms with Gasteiger partial charge in [-0.2, -0.15) is 0 Å². The zero-order valence-corrected chi connectivity index (χ0v) is 14.7. The number of halogens is 1. The molecule has 0 spiro atoms. The summed E-state index contributed by atoms with van der Waals surface area (Å²) in [5.41, 5.74) is 1.11. The van der Waals surface area contributed by atoms with Crippen LogP contribution in [0.1, 0.15) is 26.3 Å². The molecule has 0 bridgehead atoms. The lowest BCUT2D eigenvalue weighted by Gasteiger charge is -2.11. The lowest BCUT2D eigenvalue weighted by atomic mass is 10.0. The van der Waals surface area contributed by atoms with Crippen LogP contribution in [0.25, 0.3) is 0 Å². The number of esters is 1. The monoisotopic (exact) mass is 366 g/mol. The molecule has 0 saturated heterocycles. The standard InChI is InChI=1S/C21H15ClO4/c1-25-17-11-12-18(20(23)14-5-3-2-4-6-14)19(13-17)26-21(24)15-7-9-16(22)10-8-15/h2-13H,1H3. The molecule has 26 heavy (non-hydrogen) atoms. The molecule has 0 aliphatic carbocycles. The van der Waals surface area contributed by atoms with Crippen LogP contribution >= 0.6 is 11.6 Å². The Morgan fingerprint density at radius 1 is 0.846 bits per heavy atom. The molecule has 0 amide bonds. The summed E-state index contributed by atoms with van der Waals surface area (Å²) >= 11 is 5.84. The minimum atomic E-state index is -0.586. The van der Waals surface area contributed by atoms with Crippen molar-refractivity contribution in [1.82, 2.24) is 0 Å². The van der Waals surface area contributed by atoms with Gasteiger partial charge in [0.15, 0.2) is 5.78 Å².